The largest absolute Gasteiger partial charge is 0.480 e. The van der Waals surface area contributed by atoms with Crippen molar-refractivity contribution in [2.75, 3.05) is 6.54 Å². The highest BCUT2D eigenvalue weighted by Gasteiger charge is 2.33. The topological polar surface area (TPSA) is 62.5 Å². The molecule has 2 rings (SSSR count). The number of nitrogens with zero attached hydrogens (tertiary/aromatic N) is 2. The fraction of sp³-hybridized carbons (Fsp3) is 0.400. The molecule has 22 heavy (non-hydrogen) atoms. The molecule has 1 N–H and O–H groups in total. The fourth-order valence-corrected chi connectivity index (χ4v) is 3.90. The van der Waals surface area contributed by atoms with Crippen molar-refractivity contribution >= 4 is 46.3 Å². The molecule has 1 aliphatic heterocycles. The standard InChI is InChI=1S/C15H18N2O3S2/c1-8(2)17-9(3)5-11(10(17)4)6-12-14(20)16(7-13(18)19)15(21)22-12/h5-6,8H,7H2,1-4H3,(H,18,19)/b12-6-. The molecule has 0 aliphatic carbocycles. The van der Waals surface area contributed by atoms with Crippen LogP contribution in [0.1, 0.15) is 36.8 Å². The van der Waals surface area contributed by atoms with Crippen molar-refractivity contribution < 1.29 is 14.7 Å². The number of rotatable bonds is 4. The van der Waals surface area contributed by atoms with E-state index in [4.69, 9.17) is 17.3 Å². The number of aromatic nitrogens is 1. The van der Waals surface area contributed by atoms with Crippen molar-refractivity contribution in [2.24, 2.45) is 0 Å². The minimum absolute atomic E-state index is 0.288. The van der Waals surface area contributed by atoms with Gasteiger partial charge < -0.3 is 9.67 Å². The third kappa shape index (κ3) is 3.10. The molecule has 2 heterocycles. The maximum Gasteiger partial charge on any atom is 0.323 e. The first-order chi connectivity index (χ1) is 10.2. The minimum Gasteiger partial charge on any atom is -0.480 e. The first kappa shape index (κ1) is 16.8. The van der Waals surface area contributed by atoms with E-state index in [0.717, 1.165) is 33.6 Å². The highest BCUT2D eigenvalue weighted by atomic mass is 32.2. The first-order valence-corrected chi connectivity index (χ1v) is 8.10. The van der Waals surface area contributed by atoms with Gasteiger partial charge in [-0.25, -0.2) is 0 Å². The number of thioether (sulfide) groups is 1. The third-order valence-electron chi connectivity index (χ3n) is 3.49. The number of carboxylic acids is 1. The molecule has 7 heteroatoms. The fourth-order valence-electron chi connectivity index (χ4n) is 2.66. The summed E-state index contributed by atoms with van der Waals surface area (Å²) in [6, 6.07) is 2.36. The second-order valence-corrected chi connectivity index (χ2v) is 7.13. The van der Waals surface area contributed by atoms with E-state index in [1.54, 1.807) is 6.08 Å². The first-order valence-electron chi connectivity index (χ1n) is 6.88. The predicted octanol–water partition coefficient (Wildman–Crippen LogP) is 2.97. The van der Waals surface area contributed by atoms with Crippen molar-refractivity contribution in [3.05, 3.63) is 27.9 Å². The average Bonchev–Trinajstić information content (AvgIpc) is 2.81. The van der Waals surface area contributed by atoms with Crippen LogP contribution >= 0.6 is 24.0 Å². The molecule has 1 fully saturated rings. The van der Waals surface area contributed by atoms with E-state index in [1.807, 2.05) is 19.9 Å². The van der Waals surface area contributed by atoms with Crippen LogP contribution in [0, 0.1) is 13.8 Å². The third-order valence-corrected chi connectivity index (χ3v) is 4.87. The zero-order valence-electron chi connectivity index (χ0n) is 12.9. The molecule has 0 spiro atoms. The zero-order chi connectivity index (χ0) is 16.6. The van der Waals surface area contributed by atoms with Crippen molar-refractivity contribution in [3.8, 4) is 0 Å². The van der Waals surface area contributed by atoms with E-state index < -0.39 is 12.5 Å². The molecule has 0 aromatic carbocycles. The number of carbonyl (C=O) groups is 2. The summed E-state index contributed by atoms with van der Waals surface area (Å²) in [4.78, 5) is 24.7. The van der Waals surface area contributed by atoms with Crippen LogP contribution in [0.25, 0.3) is 6.08 Å². The lowest BCUT2D eigenvalue weighted by atomic mass is 10.2. The van der Waals surface area contributed by atoms with Gasteiger partial charge in [-0.3, -0.25) is 14.5 Å². The Morgan fingerprint density at radius 1 is 1.45 bits per heavy atom. The predicted molar refractivity (Wildman–Crippen MR) is 91.8 cm³/mol. The summed E-state index contributed by atoms with van der Waals surface area (Å²) in [5, 5.41) is 8.84. The number of hydrogen-bond donors (Lipinski definition) is 1. The Labute approximate surface area is 139 Å². The molecule has 0 radical (unpaired) electrons. The number of carbonyl (C=O) groups excluding carboxylic acids is 1. The van der Waals surface area contributed by atoms with Crippen LogP contribution in [0.3, 0.4) is 0 Å². The highest BCUT2D eigenvalue weighted by Crippen LogP contribution is 2.33. The van der Waals surface area contributed by atoms with Gasteiger partial charge in [0.15, 0.2) is 0 Å². The van der Waals surface area contributed by atoms with Gasteiger partial charge in [-0.1, -0.05) is 24.0 Å². The number of hydrogen-bond acceptors (Lipinski definition) is 4. The van der Waals surface area contributed by atoms with Gasteiger partial charge >= 0.3 is 5.97 Å². The maximum absolute atomic E-state index is 12.3. The molecule has 0 saturated carbocycles. The highest BCUT2D eigenvalue weighted by molar-refractivity contribution is 8.26. The molecule has 0 unspecified atom stereocenters. The molecule has 0 bridgehead atoms. The van der Waals surface area contributed by atoms with Gasteiger partial charge in [0.1, 0.15) is 10.9 Å². The summed E-state index contributed by atoms with van der Waals surface area (Å²) >= 11 is 6.24. The molecule has 1 aliphatic rings. The normalized spacial score (nSPS) is 17.1. The van der Waals surface area contributed by atoms with E-state index >= 15 is 0 Å². The van der Waals surface area contributed by atoms with E-state index in [1.165, 1.54) is 0 Å². The second kappa shape index (κ2) is 6.26. The molecule has 1 amide bonds. The number of thiocarbonyl (C=S) groups is 1. The summed E-state index contributed by atoms with van der Waals surface area (Å²) in [6.07, 6.45) is 1.79. The Balaban J connectivity index is 2.35. The molecular formula is C15H18N2O3S2. The van der Waals surface area contributed by atoms with Gasteiger partial charge in [0, 0.05) is 17.4 Å². The smallest absolute Gasteiger partial charge is 0.323 e. The number of carboxylic acid groups (broad SMARTS) is 1. The molecular weight excluding hydrogens is 320 g/mol. The van der Waals surface area contributed by atoms with Crippen LogP contribution in [-0.4, -0.2) is 37.3 Å². The molecule has 1 saturated heterocycles. The molecule has 1 aromatic heterocycles. The van der Waals surface area contributed by atoms with E-state index in [2.05, 4.69) is 18.4 Å². The summed E-state index contributed by atoms with van der Waals surface area (Å²) in [5.41, 5.74) is 3.16. The molecule has 5 nitrogen and oxygen atoms in total. The van der Waals surface area contributed by atoms with Crippen molar-refractivity contribution in [2.45, 2.75) is 33.7 Å². The Hall–Kier alpha value is -1.60. The zero-order valence-corrected chi connectivity index (χ0v) is 14.5. The van der Waals surface area contributed by atoms with Gasteiger partial charge in [0.2, 0.25) is 0 Å². The molecule has 1 aromatic rings. The number of amides is 1. The minimum atomic E-state index is -1.07. The van der Waals surface area contributed by atoms with Crippen LogP contribution in [0.4, 0.5) is 0 Å². The van der Waals surface area contributed by atoms with Crippen LogP contribution in [-0.2, 0) is 9.59 Å². The summed E-state index contributed by atoms with van der Waals surface area (Å²) in [7, 11) is 0. The van der Waals surface area contributed by atoms with E-state index in [9.17, 15) is 9.59 Å². The van der Waals surface area contributed by atoms with Crippen molar-refractivity contribution in [1.29, 1.82) is 0 Å². The Bertz CT molecular complexity index is 689. The lowest BCUT2D eigenvalue weighted by Gasteiger charge is -2.13. The van der Waals surface area contributed by atoms with Crippen LogP contribution in [0.5, 0.6) is 0 Å². The van der Waals surface area contributed by atoms with Crippen LogP contribution < -0.4 is 0 Å². The summed E-state index contributed by atoms with van der Waals surface area (Å²) in [5.74, 6) is -1.41. The maximum atomic E-state index is 12.3. The van der Waals surface area contributed by atoms with Gasteiger partial charge in [-0.2, -0.15) is 0 Å². The van der Waals surface area contributed by atoms with Crippen molar-refractivity contribution in [1.82, 2.24) is 9.47 Å². The molecule has 118 valence electrons. The Morgan fingerprint density at radius 3 is 2.59 bits per heavy atom. The lowest BCUT2D eigenvalue weighted by molar-refractivity contribution is -0.140. The Morgan fingerprint density at radius 2 is 2.09 bits per heavy atom. The van der Waals surface area contributed by atoms with E-state index in [-0.39, 0.29) is 10.2 Å². The summed E-state index contributed by atoms with van der Waals surface area (Å²) in [6.45, 7) is 7.86. The van der Waals surface area contributed by atoms with Crippen LogP contribution in [0.15, 0.2) is 11.0 Å². The molecule has 0 atom stereocenters. The average molecular weight is 338 g/mol. The van der Waals surface area contributed by atoms with Gasteiger partial charge in [-0.05, 0) is 45.4 Å². The quantitative estimate of drug-likeness (QED) is 0.675. The lowest BCUT2D eigenvalue weighted by Crippen LogP contribution is -2.33. The van der Waals surface area contributed by atoms with Gasteiger partial charge in [-0.15, -0.1) is 0 Å². The van der Waals surface area contributed by atoms with Gasteiger partial charge in [0.25, 0.3) is 5.91 Å². The number of aryl methyl sites for hydroxylation is 1. The Kier molecular flexibility index (Phi) is 4.77. The second-order valence-electron chi connectivity index (χ2n) is 5.45. The van der Waals surface area contributed by atoms with E-state index in [0.29, 0.717) is 10.9 Å². The van der Waals surface area contributed by atoms with Crippen molar-refractivity contribution in [3.63, 3.8) is 0 Å². The summed E-state index contributed by atoms with van der Waals surface area (Å²) < 4.78 is 2.49. The number of aliphatic carboxylic acids is 1. The van der Waals surface area contributed by atoms with Crippen LogP contribution in [0.2, 0.25) is 0 Å². The van der Waals surface area contributed by atoms with Gasteiger partial charge in [0.05, 0.1) is 4.91 Å². The SMILES string of the molecule is Cc1cc(/C=C2\SC(=S)N(CC(=O)O)C2=O)c(C)n1C(C)C. The monoisotopic (exact) mass is 338 g/mol.